The summed E-state index contributed by atoms with van der Waals surface area (Å²) in [6.45, 7) is 8.12. The van der Waals surface area contributed by atoms with E-state index in [4.69, 9.17) is 0 Å². The molecule has 0 amide bonds. The Balaban J connectivity index is 2.20. The highest BCUT2D eigenvalue weighted by atomic mass is 15.3. The highest BCUT2D eigenvalue weighted by molar-refractivity contribution is 6.00. The minimum atomic E-state index is 0.783. The molecule has 0 aliphatic heterocycles. The summed E-state index contributed by atoms with van der Waals surface area (Å²) in [7, 11) is 0. The van der Waals surface area contributed by atoms with E-state index >= 15 is 0 Å². The van der Waals surface area contributed by atoms with Crippen LogP contribution in [0.2, 0.25) is 0 Å². The second-order valence-electron chi connectivity index (χ2n) is 4.80. The van der Waals surface area contributed by atoms with E-state index in [9.17, 15) is 0 Å². The summed E-state index contributed by atoms with van der Waals surface area (Å²) in [6.07, 6.45) is 0. The van der Waals surface area contributed by atoms with Crippen molar-refractivity contribution >= 4 is 11.5 Å². The average molecular weight is 253 g/mol. The van der Waals surface area contributed by atoms with Gasteiger partial charge in [0.2, 0.25) is 0 Å². The molecule has 0 saturated carbocycles. The number of hydrogen-bond donors (Lipinski definition) is 1. The predicted octanol–water partition coefficient (Wildman–Crippen LogP) is 3.84. The van der Waals surface area contributed by atoms with Gasteiger partial charge < -0.3 is 0 Å². The molecule has 0 unspecified atom stereocenters. The van der Waals surface area contributed by atoms with Crippen LogP contribution >= 0.6 is 0 Å². The summed E-state index contributed by atoms with van der Waals surface area (Å²) >= 11 is 0. The Labute approximate surface area is 114 Å². The Kier molecular flexibility index (Phi) is 3.95. The van der Waals surface area contributed by atoms with Gasteiger partial charge in [-0.25, -0.2) is 4.98 Å². The smallest absolute Gasteiger partial charge is 0.146 e. The first-order valence-corrected chi connectivity index (χ1v) is 6.38. The standard InChI is InChI=1S/C16H19N3/c1-11-9-13(3)17-16(10-11)19-18-14(4)15-8-6-5-7-12(15)2/h5-10H,1-4H3,(H,17,19)/b18-14-. The van der Waals surface area contributed by atoms with Crippen LogP contribution in [0.15, 0.2) is 41.5 Å². The van der Waals surface area contributed by atoms with Crippen LogP contribution in [0.3, 0.4) is 0 Å². The number of rotatable bonds is 3. The normalized spacial score (nSPS) is 11.5. The lowest BCUT2D eigenvalue weighted by atomic mass is 10.1. The number of nitrogens with zero attached hydrogens (tertiary/aromatic N) is 2. The number of aromatic nitrogens is 1. The molecule has 3 heteroatoms. The van der Waals surface area contributed by atoms with Crippen LogP contribution in [0, 0.1) is 20.8 Å². The van der Waals surface area contributed by atoms with Crippen molar-refractivity contribution in [2.75, 3.05) is 5.43 Å². The van der Waals surface area contributed by atoms with Crippen LogP contribution in [-0.2, 0) is 0 Å². The lowest BCUT2D eigenvalue weighted by Crippen LogP contribution is -2.03. The molecule has 0 spiro atoms. The first-order valence-electron chi connectivity index (χ1n) is 6.38. The van der Waals surface area contributed by atoms with Gasteiger partial charge in [0.25, 0.3) is 0 Å². The van der Waals surface area contributed by atoms with E-state index in [0.29, 0.717) is 0 Å². The van der Waals surface area contributed by atoms with Gasteiger partial charge in [-0.3, -0.25) is 5.43 Å². The zero-order valence-corrected chi connectivity index (χ0v) is 11.9. The molecule has 0 aliphatic rings. The monoisotopic (exact) mass is 253 g/mol. The van der Waals surface area contributed by atoms with Crippen molar-refractivity contribution in [1.29, 1.82) is 0 Å². The van der Waals surface area contributed by atoms with Crippen LogP contribution in [0.5, 0.6) is 0 Å². The summed E-state index contributed by atoms with van der Waals surface area (Å²) in [5.41, 5.74) is 8.53. The number of anilines is 1. The molecule has 1 N–H and O–H groups in total. The van der Waals surface area contributed by atoms with E-state index in [1.54, 1.807) is 0 Å². The Morgan fingerprint density at radius 1 is 1.11 bits per heavy atom. The van der Waals surface area contributed by atoms with E-state index in [2.05, 4.69) is 41.5 Å². The fourth-order valence-corrected chi connectivity index (χ4v) is 2.08. The number of hydrogen-bond acceptors (Lipinski definition) is 3. The summed E-state index contributed by atoms with van der Waals surface area (Å²) in [6, 6.07) is 12.3. The SMILES string of the molecule is C/C(=N/Nc1cc(C)cc(C)n1)c1ccccc1C. The fraction of sp³-hybridized carbons (Fsp3) is 0.250. The van der Waals surface area contributed by atoms with Gasteiger partial charge in [0.05, 0.1) is 5.71 Å². The summed E-state index contributed by atoms with van der Waals surface area (Å²) in [5.74, 6) is 0.783. The van der Waals surface area contributed by atoms with Crippen molar-refractivity contribution < 1.29 is 0 Å². The largest absolute Gasteiger partial charge is 0.261 e. The second-order valence-corrected chi connectivity index (χ2v) is 4.80. The number of benzene rings is 1. The molecular formula is C16H19N3. The lowest BCUT2D eigenvalue weighted by Gasteiger charge is -2.07. The molecule has 0 atom stereocenters. The minimum absolute atomic E-state index is 0.783. The quantitative estimate of drug-likeness (QED) is 0.666. The molecule has 0 saturated heterocycles. The highest BCUT2D eigenvalue weighted by Gasteiger charge is 2.01. The van der Waals surface area contributed by atoms with Crippen LogP contribution in [0.4, 0.5) is 5.82 Å². The molecule has 1 aromatic heterocycles. The first kappa shape index (κ1) is 13.3. The Hall–Kier alpha value is -2.16. The minimum Gasteiger partial charge on any atom is -0.261 e. The zero-order chi connectivity index (χ0) is 13.8. The maximum Gasteiger partial charge on any atom is 0.146 e. The highest BCUT2D eigenvalue weighted by Crippen LogP contribution is 2.11. The topological polar surface area (TPSA) is 37.3 Å². The van der Waals surface area contributed by atoms with E-state index in [1.807, 2.05) is 38.1 Å². The van der Waals surface area contributed by atoms with Crippen molar-refractivity contribution in [3.8, 4) is 0 Å². The van der Waals surface area contributed by atoms with Gasteiger partial charge in [-0.1, -0.05) is 24.3 Å². The van der Waals surface area contributed by atoms with E-state index in [1.165, 1.54) is 11.1 Å². The van der Waals surface area contributed by atoms with Gasteiger partial charge in [0.1, 0.15) is 5.82 Å². The van der Waals surface area contributed by atoms with E-state index in [0.717, 1.165) is 22.8 Å². The molecule has 1 heterocycles. The Morgan fingerprint density at radius 3 is 2.53 bits per heavy atom. The third-order valence-corrected chi connectivity index (χ3v) is 2.97. The molecule has 2 aromatic rings. The van der Waals surface area contributed by atoms with Crippen LogP contribution in [0.25, 0.3) is 0 Å². The number of pyridine rings is 1. The predicted molar refractivity (Wildman–Crippen MR) is 80.7 cm³/mol. The average Bonchev–Trinajstić information content (AvgIpc) is 2.35. The van der Waals surface area contributed by atoms with Crippen molar-refractivity contribution in [2.24, 2.45) is 5.10 Å². The third-order valence-electron chi connectivity index (χ3n) is 2.97. The summed E-state index contributed by atoms with van der Waals surface area (Å²) < 4.78 is 0. The second kappa shape index (κ2) is 5.65. The van der Waals surface area contributed by atoms with Gasteiger partial charge >= 0.3 is 0 Å². The number of nitrogens with one attached hydrogen (secondary N) is 1. The van der Waals surface area contributed by atoms with Crippen molar-refractivity contribution in [1.82, 2.24) is 4.98 Å². The lowest BCUT2D eigenvalue weighted by molar-refractivity contribution is 1.14. The first-order chi connectivity index (χ1) is 9.06. The van der Waals surface area contributed by atoms with Crippen LogP contribution < -0.4 is 5.43 Å². The Morgan fingerprint density at radius 2 is 1.84 bits per heavy atom. The maximum absolute atomic E-state index is 4.41. The van der Waals surface area contributed by atoms with Crippen molar-refractivity contribution in [3.63, 3.8) is 0 Å². The van der Waals surface area contributed by atoms with Crippen molar-refractivity contribution in [2.45, 2.75) is 27.7 Å². The van der Waals surface area contributed by atoms with E-state index < -0.39 is 0 Å². The van der Waals surface area contributed by atoms with Crippen LogP contribution in [-0.4, -0.2) is 10.7 Å². The molecule has 0 aliphatic carbocycles. The third kappa shape index (κ3) is 3.41. The maximum atomic E-state index is 4.41. The van der Waals surface area contributed by atoms with Gasteiger partial charge in [-0.15, -0.1) is 0 Å². The molecule has 19 heavy (non-hydrogen) atoms. The van der Waals surface area contributed by atoms with Gasteiger partial charge in [-0.05, 0) is 51.0 Å². The molecule has 98 valence electrons. The molecule has 3 nitrogen and oxygen atoms in total. The van der Waals surface area contributed by atoms with Crippen molar-refractivity contribution in [3.05, 3.63) is 58.8 Å². The van der Waals surface area contributed by atoms with Gasteiger partial charge in [0.15, 0.2) is 0 Å². The summed E-state index contributed by atoms with van der Waals surface area (Å²) in [5, 5.41) is 4.41. The Bertz CT molecular complexity index is 595. The van der Waals surface area contributed by atoms with E-state index in [-0.39, 0.29) is 0 Å². The molecule has 1 aromatic carbocycles. The summed E-state index contributed by atoms with van der Waals surface area (Å²) in [4.78, 5) is 4.40. The number of hydrazone groups is 1. The van der Waals surface area contributed by atoms with Crippen LogP contribution in [0.1, 0.15) is 29.3 Å². The molecule has 2 rings (SSSR count). The zero-order valence-electron chi connectivity index (χ0n) is 11.9. The molecule has 0 bridgehead atoms. The molecule has 0 radical (unpaired) electrons. The molecule has 0 fully saturated rings. The van der Waals surface area contributed by atoms with Gasteiger partial charge in [0, 0.05) is 11.3 Å². The fourth-order valence-electron chi connectivity index (χ4n) is 2.08. The van der Waals surface area contributed by atoms with Gasteiger partial charge in [-0.2, -0.15) is 5.10 Å². The number of aryl methyl sites for hydroxylation is 3. The molecular weight excluding hydrogens is 234 g/mol.